The molecular formula is C9H14NO3P. The molecule has 1 heterocycles. The maximum atomic E-state index is 12.1. The van der Waals surface area contributed by atoms with E-state index in [0.717, 1.165) is 0 Å². The molecule has 1 aromatic rings. The molecule has 0 amide bonds. The van der Waals surface area contributed by atoms with Crippen molar-refractivity contribution in [1.82, 2.24) is 4.98 Å². The fourth-order valence-corrected chi connectivity index (χ4v) is 2.57. The number of hydrogen-bond donors (Lipinski definition) is 0. The normalized spacial score (nSPS) is 11.6. The van der Waals surface area contributed by atoms with Crippen LogP contribution in [0.25, 0.3) is 0 Å². The molecule has 0 spiro atoms. The minimum Gasteiger partial charge on any atom is -0.305 e. The monoisotopic (exact) mass is 215 g/mol. The molecule has 1 rings (SSSR count). The first-order valence-electron chi connectivity index (χ1n) is 4.52. The Balaban J connectivity index is 2.94. The van der Waals surface area contributed by atoms with E-state index in [4.69, 9.17) is 9.05 Å². The van der Waals surface area contributed by atoms with Crippen LogP contribution in [0.4, 0.5) is 0 Å². The summed E-state index contributed by atoms with van der Waals surface area (Å²) in [5.41, 5.74) is 0. The second-order valence-electron chi connectivity index (χ2n) is 2.54. The van der Waals surface area contributed by atoms with Gasteiger partial charge >= 0.3 is 7.60 Å². The summed E-state index contributed by atoms with van der Waals surface area (Å²) in [7, 11) is -3.13. The summed E-state index contributed by atoms with van der Waals surface area (Å²) in [5, 5.41) is 0.503. The quantitative estimate of drug-likeness (QED) is 0.704. The van der Waals surface area contributed by atoms with Gasteiger partial charge in [0.05, 0.1) is 18.5 Å². The summed E-state index contributed by atoms with van der Waals surface area (Å²) in [6.45, 7) is 4.27. The minimum atomic E-state index is -3.13. The van der Waals surface area contributed by atoms with Gasteiger partial charge in [-0.2, -0.15) is 0 Å². The summed E-state index contributed by atoms with van der Waals surface area (Å²) in [4.78, 5) is 3.88. The maximum Gasteiger partial charge on any atom is 0.362 e. The van der Waals surface area contributed by atoms with E-state index in [1.165, 1.54) is 6.20 Å². The van der Waals surface area contributed by atoms with Crippen molar-refractivity contribution in [3.8, 4) is 0 Å². The molecular weight excluding hydrogens is 201 g/mol. The van der Waals surface area contributed by atoms with Crippen LogP contribution in [0.5, 0.6) is 0 Å². The van der Waals surface area contributed by atoms with Gasteiger partial charge in [0, 0.05) is 12.4 Å². The lowest BCUT2D eigenvalue weighted by Crippen LogP contribution is -2.10. The molecule has 78 valence electrons. The van der Waals surface area contributed by atoms with E-state index in [1.807, 2.05) is 0 Å². The molecule has 0 saturated carbocycles. The van der Waals surface area contributed by atoms with Gasteiger partial charge in [-0.25, -0.2) is 0 Å². The van der Waals surface area contributed by atoms with Gasteiger partial charge in [0.1, 0.15) is 0 Å². The molecule has 0 aliphatic heterocycles. The fourth-order valence-electron chi connectivity index (χ4n) is 1.04. The predicted octanol–water partition coefficient (Wildman–Crippen LogP) is 1.97. The van der Waals surface area contributed by atoms with Gasteiger partial charge < -0.3 is 9.05 Å². The van der Waals surface area contributed by atoms with Gasteiger partial charge in [-0.05, 0) is 26.0 Å². The first-order chi connectivity index (χ1) is 6.73. The second-order valence-corrected chi connectivity index (χ2v) is 4.57. The zero-order valence-electron chi connectivity index (χ0n) is 8.34. The SMILES string of the molecule is CCOP(=O)(OCC)c1cccnc1. The smallest absolute Gasteiger partial charge is 0.305 e. The molecule has 0 radical (unpaired) electrons. The van der Waals surface area contributed by atoms with Crippen molar-refractivity contribution in [2.75, 3.05) is 13.2 Å². The van der Waals surface area contributed by atoms with E-state index in [0.29, 0.717) is 18.5 Å². The number of rotatable bonds is 5. The molecule has 0 saturated heterocycles. The molecule has 14 heavy (non-hydrogen) atoms. The van der Waals surface area contributed by atoms with E-state index in [1.54, 1.807) is 32.2 Å². The molecule has 4 nitrogen and oxygen atoms in total. The zero-order valence-corrected chi connectivity index (χ0v) is 9.24. The third-order valence-electron chi connectivity index (χ3n) is 1.56. The van der Waals surface area contributed by atoms with Crippen LogP contribution in [-0.4, -0.2) is 18.2 Å². The van der Waals surface area contributed by atoms with E-state index < -0.39 is 7.60 Å². The molecule has 0 atom stereocenters. The molecule has 0 fully saturated rings. The van der Waals surface area contributed by atoms with Crippen molar-refractivity contribution in [2.24, 2.45) is 0 Å². The molecule has 0 aliphatic rings. The Bertz CT molecular complexity index is 305. The molecule has 0 unspecified atom stereocenters. The highest BCUT2D eigenvalue weighted by Gasteiger charge is 2.26. The molecule has 0 N–H and O–H groups in total. The minimum absolute atomic E-state index is 0.353. The van der Waals surface area contributed by atoms with Crippen molar-refractivity contribution < 1.29 is 13.6 Å². The lowest BCUT2D eigenvalue weighted by Gasteiger charge is -2.16. The van der Waals surface area contributed by atoms with E-state index >= 15 is 0 Å². The Hall–Kier alpha value is -0.700. The second kappa shape index (κ2) is 5.25. The van der Waals surface area contributed by atoms with Crippen LogP contribution in [-0.2, 0) is 13.6 Å². The number of nitrogens with zero attached hydrogens (tertiary/aromatic N) is 1. The number of aromatic nitrogens is 1. The van der Waals surface area contributed by atoms with Gasteiger partial charge in [0.2, 0.25) is 0 Å². The molecule has 5 heteroatoms. The van der Waals surface area contributed by atoms with Crippen LogP contribution >= 0.6 is 7.60 Å². The van der Waals surface area contributed by atoms with Crippen molar-refractivity contribution in [1.29, 1.82) is 0 Å². The summed E-state index contributed by atoms with van der Waals surface area (Å²) < 4.78 is 22.4. The lowest BCUT2D eigenvalue weighted by molar-refractivity contribution is 0.230. The summed E-state index contributed by atoms with van der Waals surface area (Å²) in [6, 6.07) is 3.40. The average Bonchev–Trinajstić information content (AvgIpc) is 2.20. The van der Waals surface area contributed by atoms with Crippen LogP contribution in [0.1, 0.15) is 13.8 Å². The topological polar surface area (TPSA) is 48.4 Å². The van der Waals surface area contributed by atoms with Crippen LogP contribution < -0.4 is 5.30 Å². The van der Waals surface area contributed by atoms with Crippen molar-refractivity contribution in [2.45, 2.75) is 13.8 Å². The third-order valence-corrected chi connectivity index (χ3v) is 3.65. The fraction of sp³-hybridized carbons (Fsp3) is 0.444. The summed E-state index contributed by atoms with van der Waals surface area (Å²) in [6.07, 6.45) is 3.12. The van der Waals surface area contributed by atoms with E-state index in [9.17, 15) is 4.57 Å². The van der Waals surface area contributed by atoms with Crippen molar-refractivity contribution >= 4 is 12.9 Å². The molecule has 0 bridgehead atoms. The highest BCUT2D eigenvalue weighted by molar-refractivity contribution is 7.62. The van der Waals surface area contributed by atoms with Gasteiger partial charge in [0.25, 0.3) is 0 Å². The highest BCUT2D eigenvalue weighted by Crippen LogP contribution is 2.46. The van der Waals surface area contributed by atoms with Gasteiger partial charge in [-0.3, -0.25) is 9.55 Å². The highest BCUT2D eigenvalue weighted by atomic mass is 31.2. The Morgan fingerprint density at radius 2 is 2.00 bits per heavy atom. The van der Waals surface area contributed by atoms with Crippen LogP contribution in [0.15, 0.2) is 24.5 Å². The number of pyridine rings is 1. The first-order valence-corrected chi connectivity index (χ1v) is 6.07. The largest absolute Gasteiger partial charge is 0.362 e. The standard InChI is InChI=1S/C9H14NO3P/c1-3-12-14(11,13-4-2)9-6-5-7-10-8-9/h5-8H,3-4H2,1-2H3. The Kier molecular flexibility index (Phi) is 4.26. The molecule has 1 aromatic heterocycles. The third kappa shape index (κ3) is 2.64. The Morgan fingerprint density at radius 3 is 2.43 bits per heavy atom. The van der Waals surface area contributed by atoms with Crippen LogP contribution in [0, 0.1) is 0 Å². The Labute approximate surface area is 83.8 Å². The maximum absolute atomic E-state index is 12.1. The summed E-state index contributed by atoms with van der Waals surface area (Å²) in [5.74, 6) is 0. The predicted molar refractivity (Wildman–Crippen MR) is 54.7 cm³/mol. The van der Waals surface area contributed by atoms with E-state index in [-0.39, 0.29) is 0 Å². The zero-order chi connectivity index (χ0) is 10.4. The van der Waals surface area contributed by atoms with Crippen molar-refractivity contribution in [3.05, 3.63) is 24.5 Å². The van der Waals surface area contributed by atoms with Crippen LogP contribution in [0.2, 0.25) is 0 Å². The van der Waals surface area contributed by atoms with Gasteiger partial charge in [-0.15, -0.1) is 0 Å². The van der Waals surface area contributed by atoms with Gasteiger partial charge in [-0.1, -0.05) is 0 Å². The van der Waals surface area contributed by atoms with Crippen LogP contribution in [0.3, 0.4) is 0 Å². The van der Waals surface area contributed by atoms with Crippen molar-refractivity contribution in [3.63, 3.8) is 0 Å². The summed E-state index contributed by atoms with van der Waals surface area (Å²) >= 11 is 0. The number of hydrogen-bond acceptors (Lipinski definition) is 4. The van der Waals surface area contributed by atoms with Gasteiger partial charge in [0.15, 0.2) is 0 Å². The van der Waals surface area contributed by atoms with E-state index in [2.05, 4.69) is 4.98 Å². The lowest BCUT2D eigenvalue weighted by atomic mass is 10.5. The Morgan fingerprint density at radius 1 is 1.36 bits per heavy atom. The molecule has 0 aromatic carbocycles. The average molecular weight is 215 g/mol. The first kappa shape index (κ1) is 11.4. The molecule has 0 aliphatic carbocycles.